The molecule has 1 amide bonds. The fourth-order valence-electron chi connectivity index (χ4n) is 4.37. The fraction of sp³-hybridized carbons (Fsp3) is 0.722. The third kappa shape index (κ3) is 3.42. The van der Waals surface area contributed by atoms with Crippen molar-refractivity contribution in [1.29, 1.82) is 0 Å². The molecule has 3 aliphatic rings. The Morgan fingerprint density at radius 1 is 1.24 bits per heavy atom. The van der Waals surface area contributed by atoms with Crippen LogP contribution in [0.2, 0.25) is 0 Å². The van der Waals surface area contributed by atoms with Gasteiger partial charge in [0.1, 0.15) is 18.2 Å². The zero-order valence-electron chi connectivity index (χ0n) is 14.7. The van der Waals surface area contributed by atoms with Crippen LogP contribution in [0.5, 0.6) is 5.88 Å². The quantitative estimate of drug-likeness (QED) is 0.894. The molecule has 136 valence electrons. The number of fused-ring (bicyclic) bond motifs is 1. The van der Waals surface area contributed by atoms with Gasteiger partial charge in [0.25, 0.3) is 0 Å². The number of rotatable bonds is 4. The maximum Gasteiger partial charge on any atom is 0.249 e. The Balaban J connectivity index is 1.38. The maximum absolute atomic E-state index is 12.5. The molecule has 25 heavy (non-hydrogen) atoms. The highest BCUT2D eigenvalue weighted by atomic mass is 16.5. The first-order valence-electron chi connectivity index (χ1n) is 9.33. The zero-order chi connectivity index (χ0) is 17.2. The summed E-state index contributed by atoms with van der Waals surface area (Å²) in [4.78, 5) is 23.2. The molecular weight excluding hydrogens is 320 g/mol. The summed E-state index contributed by atoms with van der Waals surface area (Å²) in [7, 11) is 1.61. The molecule has 3 heterocycles. The minimum absolute atomic E-state index is 0.0764. The third-order valence-corrected chi connectivity index (χ3v) is 5.67. The highest BCUT2D eigenvalue weighted by Crippen LogP contribution is 2.34. The summed E-state index contributed by atoms with van der Waals surface area (Å²) < 4.78 is 11.4. The van der Waals surface area contributed by atoms with Crippen molar-refractivity contribution in [2.75, 3.05) is 18.6 Å². The van der Waals surface area contributed by atoms with Gasteiger partial charge >= 0.3 is 0 Å². The average Bonchev–Trinajstić information content (AvgIpc) is 3.30. The second-order valence-electron chi connectivity index (χ2n) is 7.20. The molecule has 0 bridgehead atoms. The van der Waals surface area contributed by atoms with Gasteiger partial charge in [0.05, 0.1) is 19.3 Å². The molecule has 3 atom stereocenters. The number of ether oxygens (including phenoxy) is 2. The number of hydrogen-bond donors (Lipinski definition) is 1. The van der Waals surface area contributed by atoms with Crippen molar-refractivity contribution in [3.63, 3.8) is 0 Å². The molecule has 7 nitrogen and oxygen atoms in total. The van der Waals surface area contributed by atoms with Gasteiger partial charge in [-0.3, -0.25) is 4.79 Å². The molecule has 0 aromatic carbocycles. The Morgan fingerprint density at radius 3 is 2.88 bits per heavy atom. The second-order valence-corrected chi connectivity index (χ2v) is 7.20. The van der Waals surface area contributed by atoms with E-state index < -0.39 is 0 Å². The number of amides is 1. The van der Waals surface area contributed by atoms with Gasteiger partial charge in [-0.2, -0.15) is 0 Å². The number of carbonyl (C=O) groups excluding carboxylic acids is 1. The molecule has 2 saturated heterocycles. The van der Waals surface area contributed by atoms with Crippen molar-refractivity contribution >= 4 is 11.7 Å². The predicted molar refractivity (Wildman–Crippen MR) is 92.6 cm³/mol. The molecule has 1 aromatic heterocycles. The molecule has 1 N–H and O–H groups in total. The molecule has 1 aliphatic carbocycles. The van der Waals surface area contributed by atoms with Crippen LogP contribution >= 0.6 is 0 Å². The number of hydrogen-bond acceptors (Lipinski definition) is 6. The highest BCUT2D eigenvalue weighted by molar-refractivity contribution is 5.81. The van der Waals surface area contributed by atoms with Crippen molar-refractivity contribution in [2.45, 2.75) is 69.2 Å². The van der Waals surface area contributed by atoms with E-state index in [1.165, 1.54) is 19.2 Å². The van der Waals surface area contributed by atoms with Gasteiger partial charge < -0.3 is 19.7 Å². The lowest BCUT2D eigenvalue weighted by atomic mass is 9.98. The molecule has 0 spiro atoms. The average molecular weight is 346 g/mol. The summed E-state index contributed by atoms with van der Waals surface area (Å²) in [5.41, 5.74) is 0. The predicted octanol–water partition coefficient (Wildman–Crippen LogP) is 1.67. The molecule has 4 rings (SSSR count). The van der Waals surface area contributed by atoms with Crippen molar-refractivity contribution < 1.29 is 14.3 Å². The van der Waals surface area contributed by atoms with Crippen molar-refractivity contribution in [2.24, 2.45) is 0 Å². The second kappa shape index (κ2) is 7.15. The molecular formula is C18H26N4O3. The van der Waals surface area contributed by atoms with Crippen LogP contribution in [0.4, 0.5) is 5.82 Å². The van der Waals surface area contributed by atoms with Crippen molar-refractivity contribution in [3.8, 4) is 5.88 Å². The van der Waals surface area contributed by atoms with E-state index in [0.29, 0.717) is 11.9 Å². The van der Waals surface area contributed by atoms with Gasteiger partial charge in [-0.05, 0) is 32.1 Å². The molecule has 1 aromatic rings. The first-order chi connectivity index (χ1) is 12.2. The Hall–Kier alpha value is -1.89. The molecule has 3 fully saturated rings. The lowest BCUT2D eigenvalue weighted by Crippen LogP contribution is -2.49. The Kier molecular flexibility index (Phi) is 4.74. The van der Waals surface area contributed by atoms with Crippen LogP contribution in [0.3, 0.4) is 0 Å². The Morgan fingerprint density at radius 2 is 2.08 bits per heavy atom. The van der Waals surface area contributed by atoms with Crippen molar-refractivity contribution in [3.05, 3.63) is 12.4 Å². The Bertz CT molecular complexity index is 620. The van der Waals surface area contributed by atoms with Crippen LogP contribution in [-0.2, 0) is 9.53 Å². The van der Waals surface area contributed by atoms with E-state index in [1.54, 1.807) is 7.11 Å². The number of carbonyl (C=O) groups is 1. The lowest BCUT2D eigenvalue weighted by molar-refractivity contribution is -0.142. The minimum atomic E-state index is -0.304. The summed E-state index contributed by atoms with van der Waals surface area (Å²) in [6.07, 6.45) is 8.60. The summed E-state index contributed by atoms with van der Waals surface area (Å²) in [6, 6.07) is 2.49. The summed E-state index contributed by atoms with van der Waals surface area (Å²) in [6.45, 7) is 0.881. The monoisotopic (exact) mass is 346 g/mol. The van der Waals surface area contributed by atoms with E-state index in [4.69, 9.17) is 9.47 Å². The van der Waals surface area contributed by atoms with Crippen LogP contribution < -0.4 is 15.0 Å². The van der Waals surface area contributed by atoms with Crippen LogP contribution in [0, 0.1) is 0 Å². The minimum Gasteiger partial charge on any atom is -0.481 e. The molecule has 0 unspecified atom stereocenters. The SMILES string of the molecule is COc1cc(N2CC[C@@H]3O[C@@H](C(=O)NC4CCCC4)CC[C@@H]32)ncn1. The van der Waals surface area contributed by atoms with Crippen LogP contribution in [0.15, 0.2) is 12.4 Å². The van der Waals surface area contributed by atoms with Gasteiger partial charge in [-0.15, -0.1) is 0 Å². The standard InChI is InChI=1S/C18H26N4O3/c1-24-17-10-16(19-11-20-17)22-9-8-14-13(22)6-7-15(25-14)18(23)21-12-4-2-3-5-12/h10-15H,2-9H2,1H3,(H,21,23)/t13-,14-,15+/m0/s1. The Labute approximate surface area is 148 Å². The number of methoxy groups -OCH3 is 1. The third-order valence-electron chi connectivity index (χ3n) is 5.67. The van der Waals surface area contributed by atoms with E-state index in [-0.39, 0.29) is 24.2 Å². The maximum atomic E-state index is 12.5. The van der Waals surface area contributed by atoms with E-state index >= 15 is 0 Å². The zero-order valence-corrected chi connectivity index (χ0v) is 14.7. The number of anilines is 1. The van der Waals surface area contributed by atoms with Crippen LogP contribution in [0.1, 0.15) is 44.9 Å². The summed E-state index contributed by atoms with van der Waals surface area (Å²) >= 11 is 0. The van der Waals surface area contributed by atoms with Gasteiger partial charge in [0, 0.05) is 18.7 Å². The first kappa shape index (κ1) is 16.6. The lowest BCUT2D eigenvalue weighted by Gasteiger charge is -2.36. The van der Waals surface area contributed by atoms with Crippen LogP contribution in [0.25, 0.3) is 0 Å². The number of nitrogens with zero attached hydrogens (tertiary/aromatic N) is 3. The van der Waals surface area contributed by atoms with Gasteiger partial charge in [0.2, 0.25) is 11.8 Å². The van der Waals surface area contributed by atoms with E-state index in [2.05, 4.69) is 20.2 Å². The van der Waals surface area contributed by atoms with Gasteiger partial charge in [-0.25, -0.2) is 9.97 Å². The van der Waals surface area contributed by atoms with Gasteiger partial charge in [0.15, 0.2) is 0 Å². The van der Waals surface area contributed by atoms with E-state index in [9.17, 15) is 4.79 Å². The molecule has 0 radical (unpaired) electrons. The highest BCUT2D eigenvalue weighted by Gasteiger charge is 2.42. The fourth-order valence-corrected chi connectivity index (χ4v) is 4.37. The smallest absolute Gasteiger partial charge is 0.249 e. The number of aromatic nitrogens is 2. The largest absolute Gasteiger partial charge is 0.481 e. The topological polar surface area (TPSA) is 76.6 Å². The normalized spacial score (nSPS) is 29.5. The van der Waals surface area contributed by atoms with Crippen LogP contribution in [-0.4, -0.2) is 53.8 Å². The summed E-state index contributed by atoms with van der Waals surface area (Å²) in [5.74, 6) is 1.52. The summed E-state index contributed by atoms with van der Waals surface area (Å²) in [5, 5.41) is 3.17. The molecule has 7 heteroatoms. The van der Waals surface area contributed by atoms with Gasteiger partial charge in [-0.1, -0.05) is 12.8 Å². The van der Waals surface area contributed by atoms with Crippen molar-refractivity contribution in [1.82, 2.24) is 15.3 Å². The van der Waals surface area contributed by atoms with E-state index in [0.717, 1.165) is 44.5 Å². The molecule has 2 aliphatic heterocycles. The first-order valence-corrected chi connectivity index (χ1v) is 9.33. The molecule has 1 saturated carbocycles. The van der Waals surface area contributed by atoms with E-state index in [1.807, 2.05) is 6.07 Å². The number of nitrogens with one attached hydrogen (secondary N) is 1.